The van der Waals surface area contributed by atoms with Crippen LogP contribution in [0.15, 0.2) is 48.7 Å². The molecule has 1 atom stereocenters. The van der Waals surface area contributed by atoms with Gasteiger partial charge in [-0.1, -0.05) is 11.6 Å². The lowest BCUT2D eigenvalue weighted by Crippen LogP contribution is -2.31. The first kappa shape index (κ1) is 21.7. The number of likely N-dealkylation sites (tertiary alicyclic amines) is 1. The number of anilines is 1. The van der Waals surface area contributed by atoms with Gasteiger partial charge in [-0.25, -0.2) is 10.5 Å². The molecule has 3 rings (SSSR count). The van der Waals surface area contributed by atoms with E-state index < -0.39 is 5.91 Å². The van der Waals surface area contributed by atoms with Gasteiger partial charge in [0.05, 0.1) is 0 Å². The topological polar surface area (TPSA) is 94.6 Å². The molecule has 1 saturated heterocycles. The fourth-order valence-corrected chi connectivity index (χ4v) is 2.97. The van der Waals surface area contributed by atoms with Gasteiger partial charge in [-0.3, -0.25) is 14.8 Å². The number of pyridine rings is 1. The molecule has 3 N–H and O–H groups in total. The zero-order valence-corrected chi connectivity index (χ0v) is 16.4. The van der Waals surface area contributed by atoms with Crippen molar-refractivity contribution in [2.24, 2.45) is 0 Å². The zero-order chi connectivity index (χ0) is 19.2. The number of carbonyl (C=O) groups is 2. The summed E-state index contributed by atoms with van der Waals surface area (Å²) in [5.74, 6) is 0.0877. The zero-order valence-electron chi connectivity index (χ0n) is 14.8. The number of hydrogen-bond donors (Lipinski definition) is 3. The van der Waals surface area contributed by atoms with Gasteiger partial charge in [-0.2, -0.15) is 0 Å². The Kier molecular flexibility index (Phi) is 7.80. The summed E-state index contributed by atoms with van der Waals surface area (Å²) in [6, 6.07) is 10.6. The van der Waals surface area contributed by atoms with Gasteiger partial charge in [0.25, 0.3) is 11.8 Å². The molecule has 0 aliphatic carbocycles. The van der Waals surface area contributed by atoms with Crippen LogP contribution in [0.25, 0.3) is 6.08 Å². The first-order valence-corrected chi connectivity index (χ1v) is 8.82. The molecule has 148 valence electrons. The Morgan fingerprint density at radius 3 is 2.61 bits per heavy atom. The van der Waals surface area contributed by atoms with E-state index in [1.54, 1.807) is 42.6 Å². The summed E-state index contributed by atoms with van der Waals surface area (Å²) in [5, 5.41) is 12.4. The molecule has 1 fully saturated rings. The molecular formula is C19H20Cl2N4O3. The van der Waals surface area contributed by atoms with Crippen LogP contribution in [0.2, 0.25) is 5.02 Å². The van der Waals surface area contributed by atoms with Crippen LogP contribution < -0.4 is 10.8 Å². The second-order valence-electron chi connectivity index (χ2n) is 6.17. The minimum Gasteiger partial charge on any atom is -0.365 e. The van der Waals surface area contributed by atoms with Crippen molar-refractivity contribution in [3.05, 3.63) is 64.8 Å². The van der Waals surface area contributed by atoms with E-state index in [4.69, 9.17) is 16.8 Å². The molecule has 0 bridgehead atoms. The van der Waals surface area contributed by atoms with Crippen LogP contribution in [0.1, 0.15) is 22.3 Å². The monoisotopic (exact) mass is 422 g/mol. The lowest BCUT2D eigenvalue weighted by molar-refractivity contribution is -0.124. The Morgan fingerprint density at radius 2 is 1.96 bits per heavy atom. The number of halogens is 2. The Morgan fingerprint density at radius 1 is 1.21 bits per heavy atom. The van der Waals surface area contributed by atoms with Gasteiger partial charge in [0.1, 0.15) is 5.82 Å². The maximum atomic E-state index is 12.5. The summed E-state index contributed by atoms with van der Waals surface area (Å²) in [5.41, 5.74) is 2.88. The third kappa shape index (κ3) is 5.69. The molecule has 0 unspecified atom stereocenters. The molecule has 0 spiro atoms. The van der Waals surface area contributed by atoms with E-state index >= 15 is 0 Å². The molecule has 2 aromatic rings. The van der Waals surface area contributed by atoms with Crippen LogP contribution in [0, 0.1) is 0 Å². The van der Waals surface area contributed by atoms with Crippen molar-refractivity contribution in [2.45, 2.75) is 12.5 Å². The molecule has 9 heteroatoms. The summed E-state index contributed by atoms with van der Waals surface area (Å²) < 4.78 is 0. The first-order valence-electron chi connectivity index (χ1n) is 8.45. The molecule has 2 heterocycles. The summed E-state index contributed by atoms with van der Waals surface area (Å²) in [7, 11) is 0. The number of amides is 2. The van der Waals surface area contributed by atoms with Gasteiger partial charge < -0.3 is 10.2 Å². The Balaban J connectivity index is 0.00000280. The molecule has 1 aliphatic heterocycles. The van der Waals surface area contributed by atoms with Crippen molar-refractivity contribution in [3.63, 3.8) is 0 Å². The molecule has 0 saturated carbocycles. The molecule has 28 heavy (non-hydrogen) atoms. The maximum Gasteiger partial charge on any atom is 0.267 e. The fraction of sp³-hybridized carbons (Fsp3) is 0.211. The standard InChI is InChI=1S/C19H19ClN4O3.ClH/c20-15-5-3-14(4-6-15)19(26)24-10-9-16(12-24)22-17-7-1-13(11-21-17)2-8-18(25)23-27;/h1-8,11,16,27H,9-10,12H2,(H,21,22)(H,23,25);1H/b8-2+;/t16-;/m1./s1. The molecule has 7 nitrogen and oxygen atoms in total. The highest BCUT2D eigenvalue weighted by atomic mass is 35.5. The Labute approximate surface area is 173 Å². The third-order valence-corrected chi connectivity index (χ3v) is 4.49. The van der Waals surface area contributed by atoms with Crippen LogP contribution >= 0.6 is 24.0 Å². The van der Waals surface area contributed by atoms with Crippen LogP contribution in [0.4, 0.5) is 5.82 Å². The van der Waals surface area contributed by atoms with E-state index in [1.807, 2.05) is 11.0 Å². The first-order chi connectivity index (χ1) is 13.0. The van der Waals surface area contributed by atoms with E-state index in [1.165, 1.54) is 11.6 Å². The maximum absolute atomic E-state index is 12.5. The highest BCUT2D eigenvalue weighted by Gasteiger charge is 2.27. The molecule has 2 amide bonds. The van der Waals surface area contributed by atoms with E-state index in [0.717, 1.165) is 12.0 Å². The van der Waals surface area contributed by atoms with E-state index in [2.05, 4.69) is 10.3 Å². The second kappa shape index (κ2) is 10.1. The summed E-state index contributed by atoms with van der Waals surface area (Å²) in [6.07, 6.45) is 5.21. The van der Waals surface area contributed by atoms with Crippen molar-refractivity contribution in [2.75, 3.05) is 18.4 Å². The van der Waals surface area contributed by atoms with Gasteiger partial charge in [-0.05, 0) is 54.5 Å². The summed E-state index contributed by atoms with van der Waals surface area (Å²) in [6.45, 7) is 1.28. The average Bonchev–Trinajstić information content (AvgIpc) is 3.15. The van der Waals surface area contributed by atoms with Gasteiger partial charge in [-0.15, -0.1) is 12.4 Å². The smallest absolute Gasteiger partial charge is 0.267 e. The van der Waals surface area contributed by atoms with Crippen molar-refractivity contribution >= 4 is 47.7 Å². The van der Waals surface area contributed by atoms with Crippen LogP contribution in [-0.4, -0.2) is 46.0 Å². The quantitative estimate of drug-likeness (QED) is 0.391. The number of rotatable bonds is 5. The molecule has 0 radical (unpaired) electrons. The molecule has 1 aromatic heterocycles. The average molecular weight is 423 g/mol. The van der Waals surface area contributed by atoms with Gasteiger partial charge in [0.2, 0.25) is 0 Å². The van der Waals surface area contributed by atoms with Gasteiger partial charge in [0, 0.05) is 42.0 Å². The fourth-order valence-electron chi connectivity index (χ4n) is 2.85. The van der Waals surface area contributed by atoms with Gasteiger partial charge >= 0.3 is 0 Å². The number of carbonyl (C=O) groups excluding carboxylic acids is 2. The number of aromatic nitrogens is 1. The van der Waals surface area contributed by atoms with Crippen LogP contribution in [-0.2, 0) is 4.79 Å². The predicted molar refractivity (Wildman–Crippen MR) is 110 cm³/mol. The number of nitrogens with one attached hydrogen (secondary N) is 2. The Hall–Kier alpha value is -2.61. The van der Waals surface area contributed by atoms with E-state index in [9.17, 15) is 9.59 Å². The normalized spacial score (nSPS) is 15.9. The third-order valence-electron chi connectivity index (χ3n) is 4.24. The molecule has 1 aromatic carbocycles. The highest BCUT2D eigenvalue weighted by Crippen LogP contribution is 2.18. The highest BCUT2D eigenvalue weighted by molar-refractivity contribution is 6.30. The minimum absolute atomic E-state index is 0. The summed E-state index contributed by atoms with van der Waals surface area (Å²) >= 11 is 5.87. The lowest BCUT2D eigenvalue weighted by Gasteiger charge is -2.17. The number of hydrogen-bond acceptors (Lipinski definition) is 5. The predicted octanol–water partition coefficient (Wildman–Crippen LogP) is 3.00. The Bertz CT molecular complexity index is 841. The molecular weight excluding hydrogens is 403 g/mol. The summed E-state index contributed by atoms with van der Waals surface area (Å²) in [4.78, 5) is 29.6. The van der Waals surface area contributed by atoms with E-state index in [-0.39, 0.29) is 24.4 Å². The van der Waals surface area contributed by atoms with Crippen LogP contribution in [0.5, 0.6) is 0 Å². The minimum atomic E-state index is -0.603. The second-order valence-corrected chi connectivity index (χ2v) is 6.61. The van der Waals surface area contributed by atoms with Crippen molar-refractivity contribution < 1.29 is 14.8 Å². The van der Waals surface area contributed by atoms with Gasteiger partial charge in [0.15, 0.2) is 0 Å². The van der Waals surface area contributed by atoms with Crippen LogP contribution in [0.3, 0.4) is 0 Å². The lowest BCUT2D eigenvalue weighted by atomic mass is 10.2. The number of hydroxylamine groups is 1. The number of nitrogens with zero attached hydrogens (tertiary/aromatic N) is 2. The SMILES string of the molecule is Cl.O=C(/C=C/c1ccc(N[C@@H]2CCN(C(=O)c3ccc(Cl)cc3)C2)nc1)NO. The number of benzene rings is 1. The molecule has 1 aliphatic rings. The van der Waals surface area contributed by atoms with Crippen molar-refractivity contribution in [3.8, 4) is 0 Å². The van der Waals surface area contributed by atoms with Crippen molar-refractivity contribution in [1.82, 2.24) is 15.4 Å². The largest absolute Gasteiger partial charge is 0.365 e. The van der Waals surface area contributed by atoms with Crippen molar-refractivity contribution in [1.29, 1.82) is 0 Å². The van der Waals surface area contributed by atoms with E-state index in [0.29, 0.717) is 29.5 Å².